The van der Waals surface area contributed by atoms with Gasteiger partial charge < -0.3 is 20.1 Å². The molecule has 1 aliphatic rings. The van der Waals surface area contributed by atoms with E-state index in [0.717, 1.165) is 51.9 Å². The number of hydrogen-bond acceptors (Lipinski definition) is 4. The van der Waals surface area contributed by atoms with E-state index in [1.54, 1.807) is 0 Å². The number of aliphatic hydroxyl groups is 1. The van der Waals surface area contributed by atoms with Crippen LogP contribution < -0.4 is 5.32 Å². The largest absolute Gasteiger partial charge is 0.392 e. The van der Waals surface area contributed by atoms with Crippen LogP contribution in [0.1, 0.15) is 26.7 Å². The minimum Gasteiger partial charge on any atom is -0.392 e. The highest BCUT2D eigenvalue weighted by atomic mass is 16.5. The van der Waals surface area contributed by atoms with Crippen LogP contribution in [-0.4, -0.2) is 62.0 Å². The number of β-amino-alcohol motifs (C(OH)–C–C–N with tert-alkyl or cyclic N) is 1. The molecule has 4 heteroatoms. The zero-order chi connectivity index (χ0) is 12.5. The molecule has 2 N–H and O–H groups in total. The summed E-state index contributed by atoms with van der Waals surface area (Å²) in [6.45, 7) is 10.7. The van der Waals surface area contributed by atoms with Crippen LogP contribution in [0.25, 0.3) is 0 Å². The molecule has 0 spiro atoms. The van der Waals surface area contributed by atoms with Gasteiger partial charge in [-0.2, -0.15) is 0 Å². The first-order chi connectivity index (χ1) is 8.22. The molecule has 1 saturated heterocycles. The second-order valence-corrected chi connectivity index (χ2v) is 4.99. The van der Waals surface area contributed by atoms with Crippen LogP contribution in [0.4, 0.5) is 0 Å². The van der Waals surface area contributed by atoms with Gasteiger partial charge >= 0.3 is 0 Å². The van der Waals surface area contributed by atoms with Gasteiger partial charge in [-0.05, 0) is 52.2 Å². The van der Waals surface area contributed by atoms with Crippen LogP contribution in [0.5, 0.6) is 0 Å². The number of nitrogens with one attached hydrogen (secondary N) is 1. The Labute approximate surface area is 105 Å². The van der Waals surface area contributed by atoms with Crippen LogP contribution in [-0.2, 0) is 4.74 Å². The molecule has 1 fully saturated rings. The van der Waals surface area contributed by atoms with E-state index in [2.05, 4.69) is 10.2 Å². The third kappa shape index (κ3) is 6.99. The summed E-state index contributed by atoms with van der Waals surface area (Å²) in [6.07, 6.45) is 2.29. The number of rotatable bonds is 8. The average molecular weight is 244 g/mol. The summed E-state index contributed by atoms with van der Waals surface area (Å²) in [7, 11) is 0. The molecule has 0 aliphatic carbocycles. The Balaban J connectivity index is 1.99. The van der Waals surface area contributed by atoms with Crippen LogP contribution in [0.3, 0.4) is 0 Å². The van der Waals surface area contributed by atoms with Crippen molar-refractivity contribution in [1.82, 2.24) is 10.2 Å². The summed E-state index contributed by atoms with van der Waals surface area (Å²) in [5.74, 6) is 0.793. The molecule has 0 radical (unpaired) electrons. The third-order valence-electron chi connectivity index (χ3n) is 3.29. The van der Waals surface area contributed by atoms with Crippen molar-refractivity contribution in [3.63, 3.8) is 0 Å². The maximum absolute atomic E-state index is 9.33. The fourth-order valence-corrected chi connectivity index (χ4v) is 2.34. The van der Waals surface area contributed by atoms with Crippen molar-refractivity contribution in [2.45, 2.75) is 32.8 Å². The quantitative estimate of drug-likeness (QED) is 0.617. The molecule has 1 atom stereocenters. The van der Waals surface area contributed by atoms with E-state index in [1.165, 1.54) is 12.8 Å². The van der Waals surface area contributed by atoms with E-state index in [0.29, 0.717) is 0 Å². The van der Waals surface area contributed by atoms with Gasteiger partial charge in [0.25, 0.3) is 0 Å². The van der Waals surface area contributed by atoms with Crippen molar-refractivity contribution in [2.75, 3.05) is 45.9 Å². The van der Waals surface area contributed by atoms with E-state index in [1.807, 2.05) is 13.8 Å². The van der Waals surface area contributed by atoms with Gasteiger partial charge in [-0.25, -0.2) is 0 Å². The summed E-state index contributed by atoms with van der Waals surface area (Å²) < 4.78 is 5.29. The third-order valence-corrected chi connectivity index (χ3v) is 3.29. The summed E-state index contributed by atoms with van der Waals surface area (Å²) >= 11 is 0. The van der Waals surface area contributed by atoms with E-state index >= 15 is 0 Å². The Morgan fingerprint density at radius 3 is 2.71 bits per heavy atom. The first-order valence-corrected chi connectivity index (χ1v) is 6.91. The van der Waals surface area contributed by atoms with Crippen LogP contribution >= 0.6 is 0 Å². The summed E-state index contributed by atoms with van der Waals surface area (Å²) in [4.78, 5) is 2.36. The lowest BCUT2D eigenvalue weighted by Crippen LogP contribution is -2.40. The second kappa shape index (κ2) is 8.86. The van der Waals surface area contributed by atoms with Gasteiger partial charge in [0, 0.05) is 19.7 Å². The summed E-state index contributed by atoms with van der Waals surface area (Å²) in [6, 6.07) is 0. The molecule has 0 bridgehead atoms. The molecule has 17 heavy (non-hydrogen) atoms. The Kier molecular flexibility index (Phi) is 7.77. The lowest BCUT2D eigenvalue weighted by Gasteiger charge is -2.32. The van der Waals surface area contributed by atoms with Crippen molar-refractivity contribution >= 4 is 0 Å². The maximum atomic E-state index is 9.33. The van der Waals surface area contributed by atoms with E-state index in [4.69, 9.17) is 4.74 Å². The summed E-state index contributed by atoms with van der Waals surface area (Å²) in [5.41, 5.74) is 0. The molecule has 102 valence electrons. The molecule has 1 rings (SSSR count). The fraction of sp³-hybridized carbons (Fsp3) is 1.00. The van der Waals surface area contributed by atoms with Crippen molar-refractivity contribution < 1.29 is 9.84 Å². The van der Waals surface area contributed by atoms with Gasteiger partial charge in [-0.3, -0.25) is 0 Å². The minimum atomic E-state index is -0.198. The zero-order valence-electron chi connectivity index (χ0n) is 11.3. The van der Waals surface area contributed by atoms with Crippen molar-refractivity contribution in [3.8, 4) is 0 Å². The highest BCUT2D eigenvalue weighted by Gasteiger charge is 2.19. The molecule has 0 aromatic carbocycles. The predicted octanol–water partition coefficient (Wildman–Crippen LogP) is 0.705. The van der Waals surface area contributed by atoms with Crippen LogP contribution in [0.2, 0.25) is 0 Å². The van der Waals surface area contributed by atoms with Crippen molar-refractivity contribution in [2.24, 2.45) is 5.92 Å². The van der Waals surface area contributed by atoms with Gasteiger partial charge in [0.15, 0.2) is 0 Å². The molecule has 0 aromatic heterocycles. The average Bonchev–Trinajstić information content (AvgIpc) is 2.30. The van der Waals surface area contributed by atoms with Gasteiger partial charge in [0.05, 0.1) is 12.7 Å². The topological polar surface area (TPSA) is 44.7 Å². The van der Waals surface area contributed by atoms with Crippen LogP contribution in [0.15, 0.2) is 0 Å². The SMILES string of the molecule is CCOCCNCC1CCN(C[C@@H](C)O)CC1. The molecule has 1 heterocycles. The fourth-order valence-electron chi connectivity index (χ4n) is 2.34. The zero-order valence-corrected chi connectivity index (χ0v) is 11.3. The monoisotopic (exact) mass is 244 g/mol. The predicted molar refractivity (Wildman–Crippen MR) is 70.2 cm³/mol. The highest BCUT2D eigenvalue weighted by Crippen LogP contribution is 2.16. The normalized spacial score (nSPS) is 20.6. The Bertz CT molecular complexity index is 180. The van der Waals surface area contributed by atoms with Gasteiger partial charge in [0.2, 0.25) is 0 Å². The molecular weight excluding hydrogens is 216 g/mol. The second-order valence-electron chi connectivity index (χ2n) is 4.99. The van der Waals surface area contributed by atoms with Gasteiger partial charge in [-0.15, -0.1) is 0 Å². The number of hydrogen-bond donors (Lipinski definition) is 2. The molecular formula is C13H28N2O2. The Hall–Kier alpha value is -0.160. The molecule has 0 unspecified atom stereocenters. The standard InChI is InChI=1S/C13H28N2O2/c1-3-17-9-6-14-10-13-4-7-15(8-5-13)11-12(2)16/h12-14,16H,3-11H2,1-2H3/t12-/m1/s1. The van der Waals surface area contributed by atoms with Crippen molar-refractivity contribution in [1.29, 1.82) is 0 Å². The molecule has 0 aromatic rings. The maximum Gasteiger partial charge on any atom is 0.0639 e. The molecule has 1 aliphatic heterocycles. The van der Waals surface area contributed by atoms with E-state index in [9.17, 15) is 5.11 Å². The number of piperidine rings is 1. The summed E-state index contributed by atoms with van der Waals surface area (Å²) in [5, 5.41) is 12.8. The van der Waals surface area contributed by atoms with Crippen molar-refractivity contribution in [3.05, 3.63) is 0 Å². The van der Waals surface area contributed by atoms with E-state index < -0.39 is 0 Å². The number of nitrogens with zero attached hydrogens (tertiary/aromatic N) is 1. The molecule has 0 saturated carbocycles. The first kappa shape index (κ1) is 14.9. The highest BCUT2D eigenvalue weighted by molar-refractivity contribution is 4.74. The molecule has 4 nitrogen and oxygen atoms in total. The minimum absolute atomic E-state index is 0.198. The number of ether oxygens (including phenoxy) is 1. The van der Waals surface area contributed by atoms with Crippen LogP contribution in [0, 0.1) is 5.92 Å². The smallest absolute Gasteiger partial charge is 0.0639 e. The number of aliphatic hydroxyl groups excluding tert-OH is 1. The molecule has 0 amide bonds. The lowest BCUT2D eigenvalue weighted by molar-refractivity contribution is 0.0987. The van der Waals surface area contributed by atoms with E-state index in [-0.39, 0.29) is 6.10 Å². The Morgan fingerprint density at radius 1 is 1.41 bits per heavy atom. The lowest BCUT2D eigenvalue weighted by atomic mass is 9.96. The first-order valence-electron chi connectivity index (χ1n) is 6.91. The van der Waals surface area contributed by atoms with Gasteiger partial charge in [0.1, 0.15) is 0 Å². The Morgan fingerprint density at radius 2 is 2.12 bits per heavy atom. The van der Waals surface area contributed by atoms with Gasteiger partial charge in [-0.1, -0.05) is 0 Å². The number of likely N-dealkylation sites (tertiary alicyclic amines) is 1.